The normalized spacial score (nSPS) is 26.1. The van der Waals surface area contributed by atoms with Crippen molar-refractivity contribution in [3.8, 4) is 0 Å². The van der Waals surface area contributed by atoms with Gasteiger partial charge in [0.05, 0.1) is 18.2 Å². The average Bonchev–Trinajstić information content (AvgIpc) is 2.83. The first-order chi connectivity index (χ1) is 11.1. The van der Waals surface area contributed by atoms with Gasteiger partial charge >= 0.3 is 0 Å². The summed E-state index contributed by atoms with van der Waals surface area (Å²) in [5.41, 5.74) is 1.70. The molecule has 3 rings (SSSR count). The van der Waals surface area contributed by atoms with Crippen LogP contribution in [0.2, 0.25) is 0 Å². The van der Waals surface area contributed by atoms with Gasteiger partial charge < -0.3 is 5.11 Å². The number of benzene rings is 1. The monoisotopic (exact) mass is 316 g/mol. The third-order valence-electron chi connectivity index (χ3n) is 4.92. The van der Waals surface area contributed by atoms with Crippen LogP contribution in [0.5, 0.6) is 0 Å². The molecule has 0 unspecified atom stereocenters. The molecule has 0 aliphatic carbocycles. The Morgan fingerprint density at radius 3 is 2.83 bits per heavy atom. The molecule has 1 aromatic rings. The highest BCUT2D eigenvalue weighted by Gasteiger charge is 2.44. The summed E-state index contributed by atoms with van der Waals surface area (Å²) in [6.07, 6.45) is 4.07. The molecule has 0 bridgehead atoms. The molecule has 5 nitrogen and oxygen atoms in total. The van der Waals surface area contributed by atoms with Crippen molar-refractivity contribution in [1.82, 2.24) is 4.90 Å². The molecule has 1 aromatic carbocycles. The van der Waals surface area contributed by atoms with E-state index in [9.17, 15) is 14.7 Å². The number of aryl methyl sites for hydroxylation is 1. The molecule has 2 atom stereocenters. The number of carbonyl (C=O) groups excluding carboxylic acids is 2. The number of likely N-dealkylation sites (tertiary alicyclic amines) is 1. The molecule has 2 aliphatic rings. The number of piperidine rings is 1. The van der Waals surface area contributed by atoms with Crippen LogP contribution in [-0.4, -0.2) is 47.1 Å². The Morgan fingerprint density at radius 1 is 1.26 bits per heavy atom. The summed E-state index contributed by atoms with van der Waals surface area (Å²) in [5, 5.41) is 9.27. The van der Waals surface area contributed by atoms with Gasteiger partial charge in [-0.15, -0.1) is 0 Å². The lowest BCUT2D eigenvalue weighted by atomic mass is 9.97. The summed E-state index contributed by atoms with van der Waals surface area (Å²) >= 11 is 0. The van der Waals surface area contributed by atoms with Crippen molar-refractivity contribution in [2.45, 2.75) is 51.1 Å². The van der Waals surface area contributed by atoms with E-state index in [4.69, 9.17) is 0 Å². The highest BCUT2D eigenvalue weighted by Crippen LogP contribution is 2.30. The fraction of sp³-hybridized carbons (Fsp3) is 0.556. The van der Waals surface area contributed by atoms with Gasteiger partial charge in [0, 0.05) is 12.6 Å². The second kappa shape index (κ2) is 6.81. The number of anilines is 1. The minimum atomic E-state index is -0.375. The Hall–Kier alpha value is -1.72. The number of rotatable bonds is 4. The van der Waals surface area contributed by atoms with E-state index < -0.39 is 0 Å². The van der Waals surface area contributed by atoms with E-state index in [-0.39, 0.29) is 36.9 Å². The lowest BCUT2D eigenvalue weighted by Gasteiger charge is -2.38. The van der Waals surface area contributed by atoms with Gasteiger partial charge in [0.25, 0.3) is 5.91 Å². The van der Waals surface area contributed by atoms with Crippen molar-refractivity contribution < 1.29 is 14.7 Å². The summed E-state index contributed by atoms with van der Waals surface area (Å²) in [6, 6.07) is 7.33. The summed E-state index contributed by atoms with van der Waals surface area (Å²) in [5.74, 6) is -0.246. The number of aliphatic hydroxyl groups is 1. The molecule has 2 aliphatic heterocycles. The number of nitrogens with zero attached hydrogens (tertiary/aromatic N) is 2. The number of amides is 2. The van der Waals surface area contributed by atoms with E-state index in [1.165, 1.54) is 4.90 Å². The van der Waals surface area contributed by atoms with Crippen molar-refractivity contribution in [2.24, 2.45) is 0 Å². The molecule has 0 spiro atoms. The summed E-state index contributed by atoms with van der Waals surface area (Å²) in [6.45, 7) is 2.90. The van der Waals surface area contributed by atoms with E-state index in [1.807, 2.05) is 31.2 Å². The molecule has 2 fully saturated rings. The zero-order valence-corrected chi connectivity index (χ0v) is 13.6. The van der Waals surface area contributed by atoms with Gasteiger partial charge in [-0.2, -0.15) is 0 Å². The molecule has 124 valence electrons. The lowest BCUT2D eigenvalue weighted by Crippen LogP contribution is -2.50. The summed E-state index contributed by atoms with van der Waals surface area (Å²) in [7, 11) is 0. The van der Waals surface area contributed by atoms with Gasteiger partial charge in [-0.3, -0.25) is 14.5 Å². The van der Waals surface area contributed by atoms with Crippen LogP contribution in [0.25, 0.3) is 0 Å². The maximum atomic E-state index is 12.9. The predicted molar refractivity (Wildman–Crippen MR) is 88.1 cm³/mol. The number of hydrogen-bond donors (Lipinski definition) is 1. The largest absolute Gasteiger partial charge is 0.396 e. The van der Waals surface area contributed by atoms with Gasteiger partial charge in [0.2, 0.25) is 5.91 Å². The molecule has 1 N–H and O–H groups in total. The highest BCUT2D eigenvalue weighted by atomic mass is 16.3. The molecule has 0 saturated carbocycles. The zero-order valence-electron chi connectivity index (χ0n) is 13.6. The van der Waals surface area contributed by atoms with E-state index in [1.54, 1.807) is 0 Å². The molecule has 2 saturated heterocycles. The Balaban J connectivity index is 1.83. The molecular weight excluding hydrogens is 292 g/mol. The number of carbonyl (C=O) groups is 2. The van der Waals surface area contributed by atoms with Crippen molar-refractivity contribution in [2.75, 3.05) is 18.1 Å². The first kappa shape index (κ1) is 16.1. The van der Waals surface area contributed by atoms with Gasteiger partial charge in [-0.25, -0.2) is 4.90 Å². The van der Waals surface area contributed by atoms with Crippen LogP contribution in [0.15, 0.2) is 24.3 Å². The fourth-order valence-electron chi connectivity index (χ4n) is 3.81. The highest BCUT2D eigenvalue weighted by molar-refractivity contribution is 6.22. The second-order valence-electron chi connectivity index (χ2n) is 6.53. The topological polar surface area (TPSA) is 60.9 Å². The van der Waals surface area contributed by atoms with E-state index in [0.29, 0.717) is 12.1 Å². The zero-order chi connectivity index (χ0) is 16.4. The van der Waals surface area contributed by atoms with Crippen LogP contribution in [-0.2, 0) is 9.59 Å². The van der Waals surface area contributed by atoms with Crippen molar-refractivity contribution in [3.63, 3.8) is 0 Å². The van der Waals surface area contributed by atoms with Crippen molar-refractivity contribution in [1.29, 1.82) is 0 Å². The Kier molecular flexibility index (Phi) is 4.78. The lowest BCUT2D eigenvalue weighted by molar-refractivity contribution is -0.123. The van der Waals surface area contributed by atoms with Gasteiger partial charge in [0.15, 0.2) is 0 Å². The first-order valence-electron chi connectivity index (χ1n) is 8.42. The minimum absolute atomic E-state index is 0.120. The standard InChI is InChI=1S/C18H24N2O3/c1-13-5-4-7-15(11-13)20-17(22)12-16(18(20)23)19-9-3-2-6-14(19)8-10-21/h4-5,7,11,14,16,21H,2-3,6,8-10,12H2,1H3/t14-,16-/m1/s1. The van der Waals surface area contributed by atoms with E-state index in [0.717, 1.165) is 31.4 Å². The quantitative estimate of drug-likeness (QED) is 0.862. The van der Waals surface area contributed by atoms with Crippen LogP contribution in [0.4, 0.5) is 5.69 Å². The number of hydrogen-bond acceptors (Lipinski definition) is 4. The predicted octanol–water partition coefficient (Wildman–Crippen LogP) is 1.86. The molecule has 5 heteroatoms. The molecule has 0 radical (unpaired) electrons. The molecule has 2 heterocycles. The van der Waals surface area contributed by atoms with Crippen LogP contribution in [0.3, 0.4) is 0 Å². The smallest absolute Gasteiger partial charge is 0.251 e. The molecule has 2 amide bonds. The number of imide groups is 1. The minimum Gasteiger partial charge on any atom is -0.396 e. The summed E-state index contributed by atoms with van der Waals surface area (Å²) < 4.78 is 0. The fourth-order valence-corrected chi connectivity index (χ4v) is 3.81. The average molecular weight is 316 g/mol. The third-order valence-corrected chi connectivity index (χ3v) is 4.92. The van der Waals surface area contributed by atoms with Crippen LogP contribution < -0.4 is 4.90 Å². The Labute approximate surface area is 136 Å². The van der Waals surface area contributed by atoms with Gasteiger partial charge in [-0.1, -0.05) is 18.6 Å². The Morgan fingerprint density at radius 2 is 2.09 bits per heavy atom. The van der Waals surface area contributed by atoms with E-state index >= 15 is 0 Å². The molecule has 0 aromatic heterocycles. The van der Waals surface area contributed by atoms with E-state index in [2.05, 4.69) is 4.90 Å². The third kappa shape index (κ3) is 3.16. The van der Waals surface area contributed by atoms with Crippen LogP contribution in [0, 0.1) is 6.92 Å². The first-order valence-corrected chi connectivity index (χ1v) is 8.42. The van der Waals surface area contributed by atoms with Crippen molar-refractivity contribution >= 4 is 17.5 Å². The second-order valence-corrected chi connectivity index (χ2v) is 6.53. The number of aliphatic hydroxyl groups excluding tert-OH is 1. The van der Waals surface area contributed by atoms with Gasteiger partial charge in [-0.05, 0) is 50.4 Å². The maximum Gasteiger partial charge on any atom is 0.251 e. The molecular formula is C18H24N2O3. The SMILES string of the molecule is Cc1cccc(N2C(=O)C[C@@H](N3CCCC[C@@H]3CCO)C2=O)c1. The van der Waals surface area contributed by atoms with Crippen molar-refractivity contribution in [3.05, 3.63) is 29.8 Å². The Bertz CT molecular complexity index is 600. The molecule has 23 heavy (non-hydrogen) atoms. The van der Waals surface area contributed by atoms with Crippen LogP contribution in [0.1, 0.15) is 37.7 Å². The maximum absolute atomic E-state index is 12.9. The summed E-state index contributed by atoms with van der Waals surface area (Å²) in [4.78, 5) is 28.8. The van der Waals surface area contributed by atoms with Gasteiger partial charge in [0.1, 0.15) is 0 Å². The van der Waals surface area contributed by atoms with Crippen LogP contribution >= 0.6 is 0 Å².